The van der Waals surface area contributed by atoms with E-state index < -0.39 is 33.3 Å². The molecule has 101 heavy (non-hydrogen) atoms. The fraction of sp³-hybridized carbons (Fsp3) is 0.847. The van der Waals surface area contributed by atoms with Crippen LogP contribution in [0.1, 0.15) is 289 Å². The van der Waals surface area contributed by atoms with Crippen LogP contribution in [0, 0.1) is 0 Å². The molecule has 0 fully saturated rings. The van der Waals surface area contributed by atoms with Gasteiger partial charge in [-0.25, -0.2) is 4.79 Å². The van der Waals surface area contributed by atoms with Gasteiger partial charge in [0.2, 0.25) is 45.1 Å². The number of alkyl halides is 3. The predicted molar refractivity (Wildman–Crippen MR) is 392 cm³/mol. The van der Waals surface area contributed by atoms with Gasteiger partial charge in [0, 0.05) is 110 Å². The molecule has 586 valence electrons. The van der Waals surface area contributed by atoms with Gasteiger partial charge in [-0.15, -0.1) is 0 Å². The van der Waals surface area contributed by atoms with Gasteiger partial charge in [-0.1, -0.05) is 170 Å². The lowest BCUT2D eigenvalue weighted by Crippen LogP contribution is -2.58. The van der Waals surface area contributed by atoms with Crippen molar-refractivity contribution < 1.29 is 87.0 Å². The van der Waals surface area contributed by atoms with Crippen molar-refractivity contribution in [2.45, 2.75) is 298 Å². The second-order valence-corrected chi connectivity index (χ2v) is 28.8. The Morgan fingerprint density at radius 1 is 0.248 bits per heavy atom. The molecular weight excluding hydrogens is 1370 g/mol. The standard InChI is InChI=1S/C72H129Cl3N8O18/c73-72(74,75)59-101-70(97)82-52-35-21-4-11-25-39-66(90)83-71(56-98-53-43-63(87)79-49-32-15-1-8-22-36-60(84)76-46-29-18-5-12-26-40-67(91)92,57-99-54-44-64(88)80-50-33-16-2-9-23-37-61(85)77-47-30-19-6-13-27-41-68(93)94)58-100-55-45-65(89)81-51-34-17-3-10-24-38-62(86)78-48-31-20-7-14-28-42-69(95)96/h1-59H2,(H,76,84)(H,77,85)(H,78,86)(H,79,87)(H,80,88)(H,81,89)(H,82,97)(H,83,90)(H,91,92)(H,93,94)(H,95,96). The van der Waals surface area contributed by atoms with Gasteiger partial charge in [0.1, 0.15) is 12.1 Å². The van der Waals surface area contributed by atoms with Crippen molar-refractivity contribution in [1.82, 2.24) is 42.5 Å². The van der Waals surface area contributed by atoms with Crippen molar-refractivity contribution in [3.8, 4) is 0 Å². The van der Waals surface area contributed by atoms with Crippen LogP contribution in [0.2, 0.25) is 0 Å². The summed E-state index contributed by atoms with van der Waals surface area (Å²) in [6.07, 6.45) is 30.5. The topological polar surface area (TPSA) is 382 Å². The Balaban J connectivity index is 5.49. The minimum Gasteiger partial charge on any atom is -0.481 e. The van der Waals surface area contributed by atoms with Crippen LogP contribution in [0.5, 0.6) is 0 Å². The number of carbonyl (C=O) groups excluding carboxylic acids is 8. The van der Waals surface area contributed by atoms with Crippen molar-refractivity contribution in [2.75, 3.05) is 92.1 Å². The molecule has 0 aliphatic heterocycles. The number of aliphatic carboxylic acids is 3. The summed E-state index contributed by atoms with van der Waals surface area (Å²) in [6.45, 7) is 2.88. The second-order valence-electron chi connectivity index (χ2n) is 26.3. The maximum absolute atomic E-state index is 13.8. The molecule has 11 N–H and O–H groups in total. The summed E-state index contributed by atoms with van der Waals surface area (Å²) >= 11 is 17.0. The Morgan fingerprint density at radius 3 is 0.703 bits per heavy atom. The quantitative estimate of drug-likeness (QED) is 0.0199. The first-order chi connectivity index (χ1) is 48.6. The third kappa shape index (κ3) is 71.5. The minimum absolute atomic E-state index is 0.00902. The Bertz CT molecular complexity index is 2030. The van der Waals surface area contributed by atoms with Gasteiger partial charge in [-0.2, -0.15) is 0 Å². The molecule has 0 bridgehead atoms. The Hall–Kier alpha value is -5.28. The van der Waals surface area contributed by atoms with Crippen LogP contribution in [0.15, 0.2) is 0 Å². The average molecular weight is 1500 g/mol. The molecule has 0 saturated carbocycles. The molecule has 0 atom stereocenters. The van der Waals surface area contributed by atoms with E-state index in [4.69, 9.17) is 69.1 Å². The number of halogens is 3. The van der Waals surface area contributed by atoms with E-state index in [1.807, 2.05) is 0 Å². The highest BCUT2D eigenvalue weighted by Crippen LogP contribution is 2.26. The molecule has 0 aromatic carbocycles. The highest BCUT2D eigenvalue weighted by atomic mass is 35.6. The summed E-state index contributed by atoms with van der Waals surface area (Å²) < 4.78 is 21.6. The number of amides is 8. The first-order valence-electron chi connectivity index (χ1n) is 37.9. The van der Waals surface area contributed by atoms with Crippen LogP contribution in [0.25, 0.3) is 0 Å². The normalized spacial score (nSPS) is 11.4. The number of carboxylic acid groups (broad SMARTS) is 3. The summed E-state index contributed by atoms with van der Waals surface area (Å²) in [6, 6.07) is 0. The highest BCUT2D eigenvalue weighted by molar-refractivity contribution is 6.67. The van der Waals surface area contributed by atoms with Crippen LogP contribution in [-0.4, -0.2) is 182 Å². The van der Waals surface area contributed by atoms with Gasteiger partial charge < -0.3 is 76.8 Å². The van der Waals surface area contributed by atoms with Crippen molar-refractivity contribution in [3.05, 3.63) is 0 Å². The Kier molecular flexibility index (Phi) is 64.3. The van der Waals surface area contributed by atoms with Gasteiger partial charge >= 0.3 is 24.0 Å². The molecule has 0 radical (unpaired) electrons. The van der Waals surface area contributed by atoms with Crippen LogP contribution in [-0.2, 0) is 66.9 Å². The first kappa shape index (κ1) is 95.7. The molecule has 0 rings (SSSR count). The van der Waals surface area contributed by atoms with E-state index in [1.165, 1.54) is 0 Å². The molecule has 8 amide bonds. The molecule has 26 nitrogen and oxygen atoms in total. The number of carboxylic acids is 3. The molecule has 0 unspecified atom stereocenters. The van der Waals surface area contributed by atoms with Gasteiger partial charge in [-0.3, -0.25) is 47.9 Å². The van der Waals surface area contributed by atoms with E-state index in [2.05, 4.69) is 42.5 Å². The van der Waals surface area contributed by atoms with Crippen LogP contribution >= 0.6 is 34.8 Å². The van der Waals surface area contributed by atoms with Crippen molar-refractivity contribution >= 4 is 100 Å². The molecular formula is C72H129Cl3N8O18. The van der Waals surface area contributed by atoms with Crippen molar-refractivity contribution in [3.63, 3.8) is 0 Å². The number of nitrogens with one attached hydrogen (secondary N) is 8. The van der Waals surface area contributed by atoms with Crippen LogP contribution in [0.4, 0.5) is 4.79 Å². The smallest absolute Gasteiger partial charge is 0.407 e. The lowest BCUT2D eigenvalue weighted by atomic mass is 10.0. The van der Waals surface area contributed by atoms with E-state index in [-0.39, 0.29) is 133 Å². The van der Waals surface area contributed by atoms with E-state index in [9.17, 15) is 52.7 Å². The third-order valence-electron chi connectivity index (χ3n) is 16.6. The van der Waals surface area contributed by atoms with Gasteiger partial charge in [0.15, 0.2) is 0 Å². The minimum atomic E-state index is -1.72. The zero-order chi connectivity index (χ0) is 74.6. The second kappa shape index (κ2) is 67.9. The molecule has 0 aromatic heterocycles. The van der Waals surface area contributed by atoms with Gasteiger partial charge in [0.25, 0.3) is 0 Å². The van der Waals surface area contributed by atoms with Crippen molar-refractivity contribution in [2.24, 2.45) is 0 Å². The summed E-state index contributed by atoms with van der Waals surface area (Å²) in [4.78, 5) is 133. The number of unbranched alkanes of at least 4 members (excludes halogenated alkanes) is 28. The lowest BCUT2D eigenvalue weighted by Gasteiger charge is -2.34. The molecule has 0 spiro atoms. The van der Waals surface area contributed by atoms with E-state index in [0.717, 1.165) is 186 Å². The van der Waals surface area contributed by atoms with Crippen LogP contribution in [0.3, 0.4) is 0 Å². The Labute approximate surface area is 617 Å². The fourth-order valence-electron chi connectivity index (χ4n) is 10.7. The van der Waals surface area contributed by atoms with E-state index in [0.29, 0.717) is 104 Å². The maximum Gasteiger partial charge on any atom is 0.407 e. The number of ether oxygens (including phenoxy) is 4. The molecule has 0 aliphatic carbocycles. The van der Waals surface area contributed by atoms with Crippen molar-refractivity contribution in [1.29, 1.82) is 0 Å². The Morgan fingerprint density at radius 2 is 0.455 bits per heavy atom. The molecule has 0 saturated heterocycles. The van der Waals surface area contributed by atoms with Crippen LogP contribution < -0.4 is 42.5 Å². The summed E-state index contributed by atoms with van der Waals surface area (Å²) in [7, 11) is 0. The average Bonchev–Trinajstić information content (AvgIpc) is 0.860. The zero-order valence-electron chi connectivity index (χ0n) is 60.8. The van der Waals surface area contributed by atoms with E-state index >= 15 is 0 Å². The monoisotopic (exact) mass is 1500 g/mol. The highest BCUT2D eigenvalue weighted by Gasteiger charge is 2.34. The lowest BCUT2D eigenvalue weighted by molar-refractivity contribution is -0.138. The largest absolute Gasteiger partial charge is 0.481 e. The number of hydrogen-bond donors (Lipinski definition) is 11. The number of rotatable bonds is 73. The summed E-state index contributed by atoms with van der Waals surface area (Å²) in [5, 5.41) is 49.7. The SMILES string of the molecule is O=C(O)CCCCCCCNC(=O)CCCCCCCNC(=O)CCOCC(COCCC(=O)NCCCCCCCC(=O)NCCCCCCCC(=O)O)(COCCC(=O)NCCCCCCCC(=O)NCCCCCCCC(=O)O)NC(=O)CCCCCCCNC(=O)OCC(Cl)(Cl)Cl. The fourth-order valence-corrected chi connectivity index (χ4v) is 10.9. The van der Waals surface area contributed by atoms with E-state index in [1.54, 1.807) is 0 Å². The maximum atomic E-state index is 13.8. The summed E-state index contributed by atoms with van der Waals surface area (Å²) in [5.74, 6) is -3.19. The molecule has 0 aromatic rings. The molecule has 29 heteroatoms. The van der Waals surface area contributed by atoms with Gasteiger partial charge in [-0.05, 0) is 89.9 Å². The summed E-state index contributed by atoms with van der Waals surface area (Å²) in [5.41, 5.74) is -1.29. The molecule has 0 aliphatic rings. The van der Waals surface area contributed by atoms with Gasteiger partial charge in [0.05, 0.1) is 39.6 Å². The predicted octanol–water partition coefficient (Wildman–Crippen LogP) is 11.5. The zero-order valence-corrected chi connectivity index (χ0v) is 63.1. The number of carbonyl (C=O) groups is 11. The third-order valence-corrected chi connectivity index (χ3v) is 16.9. The first-order valence-corrected chi connectivity index (χ1v) is 39.0. The molecule has 0 heterocycles. The number of hydrogen-bond acceptors (Lipinski definition) is 15. The number of alkyl carbamates (subject to hydrolysis) is 1.